The van der Waals surface area contributed by atoms with Crippen molar-refractivity contribution in [2.24, 2.45) is 0 Å². The third kappa shape index (κ3) is 5.60. The molecule has 26 heavy (non-hydrogen) atoms. The summed E-state index contributed by atoms with van der Waals surface area (Å²) in [6.07, 6.45) is -2.99. The molecule has 2 atom stereocenters. The number of aliphatic hydroxyl groups is 1. The van der Waals surface area contributed by atoms with Crippen molar-refractivity contribution in [2.75, 3.05) is 7.05 Å². The standard InChI is InChI=1S/C15H18F3NO2.H3O4P/c1-13(21)8-3-9-14(19-2,12(13)20)10-4-6-11(7-5-10)15(16,17)18;1-5(2,3)4/h4-7,19,21H,3,8-9H2,1-2H3;(H3,1,2,3,4)/t13-,14+;/m0./s1. The van der Waals surface area contributed by atoms with Gasteiger partial charge in [-0.2, -0.15) is 13.2 Å². The number of hydrogen-bond donors (Lipinski definition) is 5. The van der Waals surface area contributed by atoms with E-state index in [9.17, 15) is 23.1 Å². The second-order valence-electron chi connectivity index (χ2n) is 6.20. The Morgan fingerprint density at radius 3 is 1.96 bits per heavy atom. The first-order chi connectivity index (χ1) is 11.6. The highest BCUT2D eigenvalue weighted by atomic mass is 31.2. The van der Waals surface area contributed by atoms with Crippen molar-refractivity contribution in [3.05, 3.63) is 35.4 Å². The van der Waals surface area contributed by atoms with Crippen molar-refractivity contribution in [3.8, 4) is 0 Å². The van der Waals surface area contributed by atoms with Gasteiger partial charge in [0.1, 0.15) is 11.1 Å². The smallest absolute Gasteiger partial charge is 0.382 e. The number of Topliss-reactive ketones (excluding diaryl/α,β-unsaturated/α-hetero) is 1. The van der Waals surface area contributed by atoms with Crippen LogP contribution in [0.5, 0.6) is 0 Å². The van der Waals surface area contributed by atoms with Gasteiger partial charge in [0.15, 0.2) is 5.78 Å². The Labute approximate surface area is 148 Å². The number of alkyl halides is 3. The van der Waals surface area contributed by atoms with Crippen molar-refractivity contribution in [2.45, 2.75) is 43.5 Å². The molecule has 1 fully saturated rings. The molecule has 0 spiro atoms. The largest absolute Gasteiger partial charge is 0.466 e. The number of benzene rings is 1. The van der Waals surface area contributed by atoms with Gasteiger partial charge in [0.05, 0.1) is 5.56 Å². The molecule has 2 rings (SSSR count). The van der Waals surface area contributed by atoms with Crippen molar-refractivity contribution >= 4 is 13.6 Å². The molecule has 5 N–H and O–H groups in total. The van der Waals surface area contributed by atoms with Crippen LogP contribution in [-0.4, -0.2) is 38.2 Å². The molecular formula is C15H21F3NO6P. The van der Waals surface area contributed by atoms with Gasteiger partial charge >= 0.3 is 14.0 Å². The normalized spacial score (nSPS) is 26.9. The molecule has 0 radical (unpaired) electrons. The summed E-state index contributed by atoms with van der Waals surface area (Å²) < 4.78 is 46.7. The van der Waals surface area contributed by atoms with E-state index in [1.165, 1.54) is 19.1 Å². The summed E-state index contributed by atoms with van der Waals surface area (Å²) >= 11 is 0. The van der Waals surface area contributed by atoms with Gasteiger partial charge < -0.3 is 25.1 Å². The first-order valence-corrected chi connectivity index (χ1v) is 9.12. The molecule has 148 valence electrons. The fourth-order valence-electron chi connectivity index (χ4n) is 2.99. The molecule has 0 bridgehead atoms. The Morgan fingerprint density at radius 2 is 1.58 bits per heavy atom. The summed E-state index contributed by atoms with van der Waals surface area (Å²) in [6, 6.07) is 4.54. The number of rotatable bonds is 2. The van der Waals surface area contributed by atoms with Crippen molar-refractivity contribution in [1.29, 1.82) is 0 Å². The van der Waals surface area contributed by atoms with E-state index in [4.69, 9.17) is 19.2 Å². The van der Waals surface area contributed by atoms with Crippen LogP contribution in [0, 0.1) is 0 Å². The van der Waals surface area contributed by atoms with Crippen molar-refractivity contribution in [3.63, 3.8) is 0 Å². The highest BCUT2D eigenvalue weighted by Crippen LogP contribution is 2.39. The van der Waals surface area contributed by atoms with Crippen LogP contribution >= 0.6 is 7.82 Å². The van der Waals surface area contributed by atoms with Crippen LogP contribution < -0.4 is 5.32 Å². The molecule has 7 nitrogen and oxygen atoms in total. The maximum absolute atomic E-state index is 12.6. The van der Waals surface area contributed by atoms with Gasteiger partial charge in [-0.05, 0) is 50.9 Å². The van der Waals surface area contributed by atoms with Crippen LogP contribution in [0.1, 0.15) is 37.3 Å². The van der Waals surface area contributed by atoms with Crippen molar-refractivity contribution in [1.82, 2.24) is 5.32 Å². The monoisotopic (exact) mass is 399 g/mol. The van der Waals surface area contributed by atoms with Gasteiger partial charge in [0.2, 0.25) is 0 Å². The second kappa shape index (κ2) is 7.75. The summed E-state index contributed by atoms with van der Waals surface area (Å²) in [5.74, 6) is -0.400. The molecule has 1 saturated carbocycles. The summed E-state index contributed by atoms with van der Waals surface area (Å²) in [5.41, 5.74) is -2.91. The van der Waals surface area contributed by atoms with E-state index in [-0.39, 0.29) is 0 Å². The Morgan fingerprint density at radius 1 is 1.12 bits per heavy atom. The zero-order valence-corrected chi connectivity index (χ0v) is 15.0. The number of halogens is 3. The Bertz CT molecular complexity index is 677. The highest BCUT2D eigenvalue weighted by Gasteiger charge is 2.50. The Kier molecular flexibility index (Phi) is 6.79. The lowest BCUT2D eigenvalue weighted by atomic mass is 9.69. The van der Waals surface area contributed by atoms with Gasteiger partial charge in [0, 0.05) is 0 Å². The van der Waals surface area contributed by atoms with Crippen LogP contribution in [0.15, 0.2) is 24.3 Å². The molecule has 1 aromatic carbocycles. The number of hydrogen-bond acceptors (Lipinski definition) is 4. The second-order valence-corrected chi connectivity index (χ2v) is 7.23. The first-order valence-electron chi connectivity index (χ1n) is 7.56. The first kappa shape index (κ1) is 22.8. The van der Waals surface area contributed by atoms with Crippen molar-refractivity contribution < 1.29 is 42.3 Å². The van der Waals surface area contributed by atoms with Gasteiger partial charge in [-0.1, -0.05) is 12.1 Å². The zero-order chi connectivity index (χ0) is 20.4. The van der Waals surface area contributed by atoms with E-state index >= 15 is 0 Å². The molecule has 11 heteroatoms. The van der Waals surface area contributed by atoms with Gasteiger partial charge in [0.25, 0.3) is 0 Å². The third-order valence-corrected chi connectivity index (χ3v) is 4.22. The van der Waals surface area contributed by atoms with Crippen LogP contribution in [0.25, 0.3) is 0 Å². The lowest BCUT2D eigenvalue weighted by Crippen LogP contribution is -2.59. The predicted octanol–water partition coefficient (Wildman–Crippen LogP) is 1.70. The summed E-state index contributed by atoms with van der Waals surface area (Å²) in [6.45, 7) is 1.45. The minimum atomic E-state index is -4.64. The fraction of sp³-hybridized carbons (Fsp3) is 0.533. The third-order valence-electron chi connectivity index (χ3n) is 4.22. The molecule has 0 aliphatic heterocycles. The van der Waals surface area contributed by atoms with Gasteiger partial charge in [-0.25, -0.2) is 4.57 Å². The minimum absolute atomic E-state index is 0.357. The summed E-state index contributed by atoms with van der Waals surface area (Å²) in [4.78, 5) is 34.1. The van der Waals surface area contributed by atoms with Crippen LogP contribution in [0.2, 0.25) is 0 Å². The molecule has 0 heterocycles. The van der Waals surface area contributed by atoms with Crippen LogP contribution in [-0.2, 0) is 21.1 Å². The maximum Gasteiger partial charge on any atom is 0.466 e. The number of ketones is 1. The van der Waals surface area contributed by atoms with Crippen LogP contribution in [0.4, 0.5) is 13.2 Å². The number of phosphoric acid groups is 1. The Hall–Kier alpha value is -1.29. The quantitative estimate of drug-likeness (QED) is 0.479. The van der Waals surface area contributed by atoms with Gasteiger partial charge in [-0.15, -0.1) is 0 Å². The Balaban J connectivity index is 0.000000597. The molecule has 0 saturated heterocycles. The molecular weight excluding hydrogens is 378 g/mol. The van der Waals surface area contributed by atoms with Crippen LogP contribution in [0.3, 0.4) is 0 Å². The minimum Gasteiger partial charge on any atom is -0.382 e. The lowest BCUT2D eigenvalue weighted by molar-refractivity contribution is -0.148. The van der Waals surface area contributed by atoms with E-state index in [1.807, 2.05) is 0 Å². The SMILES string of the molecule is CN[C@@]1(c2ccc(C(F)(F)F)cc2)CCC[C@](C)(O)C1=O.O=P(O)(O)O. The predicted molar refractivity (Wildman–Crippen MR) is 85.9 cm³/mol. The molecule has 1 aliphatic rings. The summed E-state index contributed by atoms with van der Waals surface area (Å²) in [5, 5.41) is 13.1. The molecule has 1 aromatic rings. The number of nitrogens with one attached hydrogen (secondary N) is 1. The molecule has 0 unspecified atom stereocenters. The maximum atomic E-state index is 12.6. The number of carbonyl (C=O) groups is 1. The topological polar surface area (TPSA) is 127 Å². The van der Waals surface area contributed by atoms with Gasteiger partial charge in [-0.3, -0.25) is 4.79 Å². The molecule has 1 aliphatic carbocycles. The zero-order valence-electron chi connectivity index (χ0n) is 14.1. The highest BCUT2D eigenvalue weighted by molar-refractivity contribution is 7.45. The molecule has 0 amide bonds. The lowest BCUT2D eigenvalue weighted by Gasteiger charge is -2.42. The number of likely N-dealkylation sites (N-methyl/N-ethyl adjacent to an activating group) is 1. The van der Waals surface area contributed by atoms with E-state index in [1.54, 1.807) is 7.05 Å². The van der Waals surface area contributed by atoms with E-state index in [0.29, 0.717) is 24.8 Å². The van der Waals surface area contributed by atoms with E-state index in [2.05, 4.69) is 5.32 Å². The molecule has 0 aromatic heterocycles. The van der Waals surface area contributed by atoms with E-state index < -0.39 is 36.5 Å². The average Bonchev–Trinajstić information content (AvgIpc) is 2.48. The summed E-state index contributed by atoms with van der Waals surface area (Å²) in [7, 11) is -3.06. The number of carbonyl (C=O) groups excluding carboxylic acids is 1. The van der Waals surface area contributed by atoms with E-state index in [0.717, 1.165) is 12.1 Å². The fourth-order valence-corrected chi connectivity index (χ4v) is 2.99. The average molecular weight is 399 g/mol.